The van der Waals surface area contributed by atoms with E-state index in [1.165, 1.54) is 11.3 Å². The van der Waals surface area contributed by atoms with E-state index in [1.807, 2.05) is 25.6 Å². The highest BCUT2D eigenvalue weighted by atomic mass is 16.5. The summed E-state index contributed by atoms with van der Waals surface area (Å²) < 4.78 is 7.75. The van der Waals surface area contributed by atoms with E-state index >= 15 is 0 Å². The van der Waals surface area contributed by atoms with Crippen LogP contribution in [-0.4, -0.2) is 74.7 Å². The molecule has 4 heterocycles. The molecule has 3 aliphatic heterocycles. The number of amides is 1. The third-order valence-corrected chi connectivity index (χ3v) is 6.83. The van der Waals surface area contributed by atoms with E-state index in [1.54, 1.807) is 0 Å². The molecule has 7 heteroatoms. The maximum Gasteiger partial charge on any atom is 0.243 e. The van der Waals surface area contributed by atoms with E-state index < -0.39 is 0 Å². The molecule has 0 radical (unpaired) electrons. The lowest BCUT2D eigenvalue weighted by Gasteiger charge is -2.49. The first kappa shape index (κ1) is 18.8. The highest BCUT2D eigenvalue weighted by Gasteiger charge is 2.58. The lowest BCUT2D eigenvalue weighted by atomic mass is 9.96. The van der Waals surface area contributed by atoms with Gasteiger partial charge in [0.15, 0.2) is 0 Å². The number of benzene rings is 1. The van der Waals surface area contributed by atoms with Crippen molar-refractivity contribution in [1.82, 2.24) is 24.3 Å². The number of ether oxygens (including phenoxy) is 1. The van der Waals surface area contributed by atoms with Crippen LogP contribution in [0.15, 0.2) is 42.9 Å². The number of rotatable bonds is 4. The first-order valence-electron chi connectivity index (χ1n) is 10.5. The number of fused-ring (bicyclic) bond motifs is 2. The summed E-state index contributed by atoms with van der Waals surface area (Å²) in [5, 5.41) is 0. The number of nitrogens with zero attached hydrogens (tertiary/aromatic N) is 5. The van der Waals surface area contributed by atoms with Crippen LogP contribution in [-0.2, 0) is 29.7 Å². The summed E-state index contributed by atoms with van der Waals surface area (Å²) >= 11 is 0. The number of piperazine rings is 1. The van der Waals surface area contributed by atoms with Crippen molar-refractivity contribution in [2.45, 2.75) is 37.6 Å². The van der Waals surface area contributed by atoms with E-state index in [0.29, 0.717) is 6.54 Å². The Kier molecular flexibility index (Phi) is 4.89. The van der Waals surface area contributed by atoms with Crippen molar-refractivity contribution in [2.75, 3.05) is 32.8 Å². The second kappa shape index (κ2) is 7.55. The fourth-order valence-electron chi connectivity index (χ4n) is 5.25. The zero-order valence-electron chi connectivity index (χ0n) is 17.0. The highest BCUT2D eigenvalue weighted by molar-refractivity contribution is 5.85. The van der Waals surface area contributed by atoms with Crippen LogP contribution < -0.4 is 0 Å². The van der Waals surface area contributed by atoms with Gasteiger partial charge in [-0.25, -0.2) is 4.98 Å². The van der Waals surface area contributed by atoms with Crippen molar-refractivity contribution < 1.29 is 9.53 Å². The summed E-state index contributed by atoms with van der Waals surface area (Å²) in [5.41, 5.74) is 2.18. The molecule has 7 nitrogen and oxygen atoms in total. The summed E-state index contributed by atoms with van der Waals surface area (Å²) in [6.45, 7) is 5.62. The number of carbonyl (C=O) groups is 1. The van der Waals surface area contributed by atoms with Gasteiger partial charge in [0.25, 0.3) is 0 Å². The molecular weight excluding hydrogens is 366 g/mol. The number of hydrogen-bond acceptors (Lipinski definition) is 5. The minimum atomic E-state index is -0.200. The smallest absolute Gasteiger partial charge is 0.243 e. The number of imidazole rings is 1. The first-order valence-corrected chi connectivity index (χ1v) is 10.5. The van der Waals surface area contributed by atoms with Gasteiger partial charge < -0.3 is 14.2 Å². The molecule has 1 atom stereocenters. The second-order valence-electron chi connectivity index (χ2n) is 8.44. The molecule has 29 heavy (non-hydrogen) atoms. The maximum absolute atomic E-state index is 13.6. The summed E-state index contributed by atoms with van der Waals surface area (Å²) in [5.74, 6) is 0.269. The van der Waals surface area contributed by atoms with Gasteiger partial charge in [0.05, 0.1) is 25.2 Å². The normalized spacial score (nSPS) is 24.9. The summed E-state index contributed by atoms with van der Waals surface area (Å²) in [6, 6.07) is 10.3. The molecule has 0 aliphatic carbocycles. The number of aryl methyl sites for hydroxylation is 1. The Morgan fingerprint density at radius 2 is 1.93 bits per heavy atom. The van der Waals surface area contributed by atoms with Crippen molar-refractivity contribution in [3.05, 3.63) is 54.1 Å². The lowest BCUT2D eigenvalue weighted by molar-refractivity contribution is -0.137. The van der Waals surface area contributed by atoms with Gasteiger partial charge in [-0.05, 0) is 5.56 Å². The predicted molar refractivity (Wildman–Crippen MR) is 109 cm³/mol. The molecule has 3 fully saturated rings. The van der Waals surface area contributed by atoms with Gasteiger partial charge in [0.2, 0.25) is 5.91 Å². The van der Waals surface area contributed by atoms with E-state index in [9.17, 15) is 4.79 Å². The minimum absolute atomic E-state index is 0.0706. The van der Waals surface area contributed by atoms with Gasteiger partial charge in [-0.1, -0.05) is 30.3 Å². The number of hydrogen-bond donors (Lipinski definition) is 0. The van der Waals surface area contributed by atoms with Gasteiger partial charge in [-0.15, -0.1) is 0 Å². The third-order valence-electron chi connectivity index (χ3n) is 6.83. The average Bonchev–Trinajstić information content (AvgIpc) is 3.25. The van der Waals surface area contributed by atoms with Gasteiger partial charge in [-0.2, -0.15) is 0 Å². The van der Waals surface area contributed by atoms with Crippen LogP contribution in [0.4, 0.5) is 0 Å². The Morgan fingerprint density at radius 3 is 2.66 bits per heavy atom. The molecule has 1 aromatic heterocycles. The minimum Gasteiger partial charge on any atom is -0.381 e. The molecule has 1 amide bonds. The zero-order valence-corrected chi connectivity index (χ0v) is 17.0. The van der Waals surface area contributed by atoms with Crippen LogP contribution in [0.2, 0.25) is 0 Å². The van der Waals surface area contributed by atoms with Crippen molar-refractivity contribution >= 4 is 5.91 Å². The molecule has 2 aromatic rings. The Bertz CT molecular complexity index is 861. The van der Waals surface area contributed by atoms with E-state index in [2.05, 4.69) is 48.5 Å². The third kappa shape index (κ3) is 3.27. The van der Waals surface area contributed by atoms with Gasteiger partial charge in [0.1, 0.15) is 11.7 Å². The average molecular weight is 396 g/mol. The molecule has 0 saturated carbocycles. The molecule has 3 saturated heterocycles. The SMILES string of the molecule is Cn1cncc1CN1CCN2[C@H](C1)C(=O)N(Cc1ccccc1)C21CCOCC1. The number of carbonyl (C=O) groups excluding carboxylic acids is 1. The van der Waals surface area contributed by atoms with Crippen molar-refractivity contribution in [3.8, 4) is 0 Å². The van der Waals surface area contributed by atoms with Crippen LogP contribution in [0, 0.1) is 0 Å². The largest absolute Gasteiger partial charge is 0.381 e. The summed E-state index contributed by atoms with van der Waals surface area (Å²) in [6.07, 6.45) is 5.54. The molecule has 0 N–H and O–H groups in total. The van der Waals surface area contributed by atoms with E-state index in [0.717, 1.165) is 52.2 Å². The van der Waals surface area contributed by atoms with Crippen LogP contribution in [0.3, 0.4) is 0 Å². The van der Waals surface area contributed by atoms with E-state index in [-0.39, 0.29) is 17.6 Å². The lowest BCUT2D eigenvalue weighted by Crippen LogP contribution is -2.61. The van der Waals surface area contributed by atoms with Crippen molar-refractivity contribution in [1.29, 1.82) is 0 Å². The van der Waals surface area contributed by atoms with Gasteiger partial charge in [0, 0.05) is 58.8 Å². The maximum atomic E-state index is 13.6. The first-order chi connectivity index (χ1) is 14.2. The highest BCUT2D eigenvalue weighted by Crippen LogP contribution is 2.42. The Hall–Kier alpha value is -2.22. The Morgan fingerprint density at radius 1 is 1.14 bits per heavy atom. The molecule has 0 unspecified atom stereocenters. The molecule has 1 aromatic carbocycles. The predicted octanol–water partition coefficient (Wildman–Crippen LogP) is 1.46. The fraction of sp³-hybridized carbons (Fsp3) is 0.545. The Balaban J connectivity index is 1.40. The van der Waals surface area contributed by atoms with Crippen LogP contribution in [0.25, 0.3) is 0 Å². The van der Waals surface area contributed by atoms with Crippen LogP contribution in [0.5, 0.6) is 0 Å². The van der Waals surface area contributed by atoms with Crippen LogP contribution >= 0.6 is 0 Å². The van der Waals surface area contributed by atoms with Crippen molar-refractivity contribution in [2.24, 2.45) is 7.05 Å². The van der Waals surface area contributed by atoms with Crippen LogP contribution in [0.1, 0.15) is 24.1 Å². The monoisotopic (exact) mass is 395 g/mol. The second-order valence-corrected chi connectivity index (χ2v) is 8.44. The molecular formula is C22H29N5O2. The summed E-state index contributed by atoms with van der Waals surface area (Å²) in [7, 11) is 2.03. The molecule has 1 spiro atoms. The molecule has 5 rings (SSSR count). The van der Waals surface area contributed by atoms with Gasteiger partial charge in [-0.3, -0.25) is 14.6 Å². The molecule has 154 valence electrons. The topological polar surface area (TPSA) is 53.8 Å². The quantitative estimate of drug-likeness (QED) is 0.785. The fourth-order valence-corrected chi connectivity index (χ4v) is 5.25. The standard InChI is InChI=1S/C22H29N5O2/c1-24-17-23-13-19(24)15-25-9-10-26-20(16-25)21(28)27(14-18-5-3-2-4-6-18)22(26)7-11-29-12-8-22/h2-6,13,17,20H,7-12,14-16H2,1H3/t20-/m1/s1. The van der Waals surface area contributed by atoms with E-state index in [4.69, 9.17) is 4.74 Å². The number of aromatic nitrogens is 2. The summed E-state index contributed by atoms with van der Waals surface area (Å²) in [4.78, 5) is 24.9. The molecule has 0 bridgehead atoms. The Labute approximate surface area is 171 Å². The van der Waals surface area contributed by atoms with Gasteiger partial charge >= 0.3 is 0 Å². The zero-order chi connectivity index (χ0) is 19.8. The molecule has 3 aliphatic rings. The van der Waals surface area contributed by atoms with Crippen molar-refractivity contribution in [3.63, 3.8) is 0 Å².